The molecule has 1 saturated carbocycles. The third-order valence-electron chi connectivity index (χ3n) is 3.13. The Morgan fingerprint density at radius 3 is 2.73 bits per heavy atom. The van der Waals surface area contributed by atoms with Crippen LogP contribution in [0.2, 0.25) is 0 Å². The summed E-state index contributed by atoms with van der Waals surface area (Å²) in [6.07, 6.45) is 7.20. The summed E-state index contributed by atoms with van der Waals surface area (Å²) in [5, 5.41) is 9.67. The van der Waals surface area contributed by atoms with E-state index in [1.165, 1.54) is 32.1 Å². The summed E-state index contributed by atoms with van der Waals surface area (Å²) in [6.45, 7) is 4.45. The number of rotatable bonds is 3. The van der Waals surface area contributed by atoms with Crippen molar-refractivity contribution in [1.29, 1.82) is 0 Å². The summed E-state index contributed by atoms with van der Waals surface area (Å²) in [6, 6.07) is 0. The highest BCUT2D eigenvalue weighted by atomic mass is 16.3. The van der Waals surface area contributed by atoms with Crippen LogP contribution in [0.3, 0.4) is 0 Å². The molecule has 66 valence electrons. The predicted octanol–water partition coefficient (Wildman–Crippen LogP) is 2.73. The lowest BCUT2D eigenvalue weighted by atomic mass is 9.81. The van der Waals surface area contributed by atoms with Gasteiger partial charge in [0.15, 0.2) is 0 Å². The van der Waals surface area contributed by atoms with Crippen molar-refractivity contribution in [3.05, 3.63) is 0 Å². The number of hydrogen-bond acceptors (Lipinski definition) is 1. The second kappa shape index (κ2) is 3.57. The third-order valence-corrected chi connectivity index (χ3v) is 3.13. The van der Waals surface area contributed by atoms with Gasteiger partial charge in [-0.2, -0.15) is 0 Å². The Bertz CT molecular complexity index is 122. The van der Waals surface area contributed by atoms with Crippen LogP contribution in [0.25, 0.3) is 0 Å². The molecule has 0 heterocycles. The van der Waals surface area contributed by atoms with E-state index < -0.39 is 0 Å². The fourth-order valence-corrected chi connectivity index (χ4v) is 2.09. The zero-order valence-electron chi connectivity index (χ0n) is 7.77. The van der Waals surface area contributed by atoms with Crippen LogP contribution in [0.1, 0.15) is 52.4 Å². The van der Waals surface area contributed by atoms with Gasteiger partial charge in [-0.3, -0.25) is 0 Å². The van der Waals surface area contributed by atoms with Gasteiger partial charge in [0, 0.05) is 0 Å². The normalized spacial score (nSPS) is 37.9. The van der Waals surface area contributed by atoms with E-state index in [1.54, 1.807) is 0 Å². The van der Waals surface area contributed by atoms with E-state index in [0.717, 1.165) is 6.42 Å². The van der Waals surface area contributed by atoms with E-state index in [1.807, 2.05) is 0 Å². The minimum Gasteiger partial charge on any atom is -0.393 e. The Kier molecular flexibility index (Phi) is 2.94. The maximum Gasteiger partial charge on any atom is 0.0593 e. The zero-order valence-corrected chi connectivity index (χ0v) is 7.77. The molecular formula is C10H20O. The molecule has 0 aromatic heterocycles. The van der Waals surface area contributed by atoms with Crippen LogP contribution in [-0.4, -0.2) is 11.2 Å². The monoisotopic (exact) mass is 156 g/mol. The van der Waals surface area contributed by atoms with Crippen LogP contribution in [-0.2, 0) is 0 Å². The third kappa shape index (κ3) is 1.96. The first kappa shape index (κ1) is 9.05. The highest BCUT2D eigenvalue weighted by Crippen LogP contribution is 2.41. The molecule has 0 bridgehead atoms. The van der Waals surface area contributed by atoms with E-state index in [-0.39, 0.29) is 11.5 Å². The summed E-state index contributed by atoms with van der Waals surface area (Å²) >= 11 is 0. The quantitative estimate of drug-likeness (QED) is 0.666. The highest BCUT2D eigenvalue weighted by Gasteiger charge is 2.36. The molecule has 1 heteroatoms. The Hall–Kier alpha value is -0.0400. The molecule has 1 nitrogen and oxygen atoms in total. The standard InChI is InChI=1S/C10H20O/c1-3-4-7-10(2)8-5-6-9(10)11/h9,11H,3-8H2,1-2H3. The molecule has 0 saturated heterocycles. The maximum absolute atomic E-state index is 9.67. The van der Waals surface area contributed by atoms with Crippen LogP contribution in [0, 0.1) is 5.41 Å². The van der Waals surface area contributed by atoms with E-state index >= 15 is 0 Å². The number of aliphatic hydroxyl groups is 1. The van der Waals surface area contributed by atoms with E-state index in [9.17, 15) is 5.11 Å². The first-order chi connectivity index (χ1) is 5.19. The molecule has 1 aliphatic carbocycles. The van der Waals surface area contributed by atoms with E-state index in [2.05, 4.69) is 13.8 Å². The van der Waals surface area contributed by atoms with Crippen molar-refractivity contribution < 1.29 is 5.11 Å². The average molecular weight is 156 g/mol. The lowest BCUT2D eigenvalue weighted by Crippen LogP contribution is -2.26. The molecule has 11 heavy (non-hydrogen) atoms. The van der Waals surface area contributed by atoms with Gasteiger partial charge in [0.2, 0.25) is 0 Å². The number of unbranched alkanes of at least 4 members (excludes halogenated alkanes) is 1. The van der Waals surface area contributed by atoms with Crippen molar-refractivity contribution in [3.63, 3.8) is 0 Å². The molecule has 0 amide bonds. The maximum atomic E-state index is 9.67. The van der Waals surface area contributed by atoms with Gasteiger partial charge in [-0.1, -0.05) is 33.1 Å². The van der Waals surface area contributed by atoms with E-state index in [4.69, 9.17) is 0 Å². The largest absolute Gasteiger partial charge is 0.393 e. The molecule has 0 aromatic rings. The fraction of sp³-hybridized carbons (Fsp3) is 1.00. The van der Waals surface area contributed by atoms with Crippen molar-refractivity contribution in [1.82, 2.24) is 0 Å². The number of aliphatic hydroxyl groups excluding tert-OH is 1. The van der Waals surface area contributed by atoms with Gasteiger partial charge in [-0.05, 0) is 24.7 Å². The molecule has 0 radical (unpaired) electrons. The van der Waals surface area contributed by atoms with Crippen LogP contribution < -0.4 is 0 Å². The summed E-state index contributed by atoms with van der Waals surface area (Å²) in [5.74, 6) is 0. The molecule has 2 unspecified atom stereocenters. The average Bonchev–Trinajstić information content (AvgIpc) is 2.30. The van der Waals surface area contributed by atoms with Gasteiger partial charge in [0.1, 0.15) is 0 Å². The van der Waals surface area contributed by atoms with Gasteiger partial charge in [-0.15, -0.1) is 0 Å². The second-order valence-electron chi connectivity index (χ2n) is 4.17. The highest BCUT2D eigenvalue weighted by molar-refractivity contribution is 4.87. The molecular weight excluding hydrogens is 136 g/mol. The Balaban J connectivity index is 2.38. The molecule has 1 aliphatic rings. The molecule has 0 aromatic carbocycles. The van der Waals surface area contributed by atoms with Crippen molar-refractivity contribution in [2.24, 2.45) is 5.41 Å². The van der Waals surface area contributed by atoms with Crippen LogP contribution in [0.4, 0.5) is 0 Å². The van der Waals surface area contributed by atoms with Gasteiger partial charge >= 0.3 is 0 Å². The zero-order chi connectivity index (χ0) is 8.32. The summed E-state index contributed by atoms with van der Waals surface area (Å²) < 4.78 is 0. The first-order valence-corrected chi connectivity index (χ1v) is 4.87. The van der Waals surface area contributed by atoms with Gasteiger partial charge in [0.25, 0.3) is 0 Å². The molecule has 0 aliphatic heterocycles. The minimum atomic E-state index is -0.0194. The Morgan fingerprint density at radius 2 is 2.27 bits per heavy atom. The van der Waals surface area contributed by atoms with Crippen molar-refractivity contribution in [2.75, 3.05) is 0 Å². The second-order valence-corrected chi connectivity index (χ2v) is 4.17. The number of hydrogen-bond donors (Lipinski definition) is 1. The topological polar surface area (TPSA) is 20.2 Å². The van der Waals surface area contributed by atoms with Crippen molar-refractivity contribution in [2.45, 2.75) is 58.5 Å². The van der Waals surface area contributed by atoms with Crippen molar-refractivity contribution in [3.8, 4) is 0 Å². The summed E-state index contributed by atoms with van der Waals surface area (Å²) in [7, 11) is 0. The lowest BCUT2D eigenvalue weighted by molar-refractivity contribution is 0.0581. The Morgan fingerprint density at radius 1 is 1.55 bits per heavy atom. The minimum absolute atomic E-state index is 0.0194. The van der Waals surface area contributed by atoms with Gasteiger partial charge in [0.05, 0.1) is 6.10 Å². The van der Waals surface area contributed by atoms with Crippen LogP contribution >= 0.6 is 0 Å². The molecule has 1 rings (SSSR count). The van der Waals surface area contributed by atoms with Crippen LogP contribution in [0.15, 0.2) is 0 Å². The fourth-order valence-electron chi connectivity index (χ4n) is 2.09. The molecule has 1 N–H and O–H groups in total. The SMILES string of the molecule is CCCCC1(C)CCCC1O. The smallest absolute Gasteiger partial charge is 0.0593 e. The summed E-state index contributed by atoms with van der Waals surface area (Å²) in [4.78, 5) is 0. The predicted molar refractivity (Wildman–Crippen MR) is 47.5 cm³/mol. The molecule has 0 spiro atoms. The molecule has 1 fully saturated rings. The molecule has 2 atom stereocenters. The van der Waals surface area contributed by atoms with Crippen LogP contribution in [0.5, 0.6) is 0 Å². The lowest BCUT2D eigenvalue weighted by Gasteiger charge is -2.27. The van der Waals surface area contributed by atoms with Gasteiger partial charge < -0.3 is 5.11 Å². The van der Waals surface area contributed by atoms with Gasteiger partial charge in [-0.25, -0.2) is 0 Å². The van der Waals surface area contributed by atoms with Crippen molar-refractivity contribution >= 4 is 0 Å². The van der Waals surface area contributed by atoms with E-state index in [0.29, 0.717) is 0 Å². The summed E-state index contributed by atoms with van der Waals surface area (Å²) in [5.41, 5.74) is 0.260. The first-order valence-electron chi connectivity index (χ1n) is 4.87. The Labute approximate surface area is 69.8 Å².